The van der Waals surface area contributed by atoms with Gasteiger partial charge in [0.25, 0.3) is 0 Å². The van der Waals surface area contributed by atoms with Gasteiger partial charge in [-0.3, -0.25) is 0 Å². The lowest BCUT2D eigenvalue weighted by Gasteiger charge is -2.08. The van der Waals surface area contributed by atoms with Gasteiger partial charge in [-0.15, -0.1) is 0 Å². The highest BCUT2D eigenvalue weighted by Crippen LogP contribution is 2.29. The summed E-state index contributed by atoms with van der Waals surface area (Å²) in [5.74, 6) is 0. The molecule has 1 unspecified atom stereocenters. The molecule has 2 N–H and O–H groups in total. The number of nitrogens with zero attached hydrogens (tertiary/aromatic N) is 1. The molecule has 0 aliphatic carbocycles. The quantitative estimate of drug-likeness (QED) is 0.817. The third kappa shape index (κ3) is 2.07. The SMILES string of the molecule is Nc1ccc(C2CC(c3ccccc3)=NO2)cc1. The number of oxime groups is 1. The van der Waals surface area contributed by atoms with Gasteiger partial charge in [-0.1, -0.05) is 47.6 Å². The fourth-order valence-corrected chi connectivity index (χ4v) is 2.07. The molecule has 0 saturated heterocycles. The minimum atomic E-state index is 0.000746. The Hall–Kier alpha value is -2.29. The summed E-state index contributed by atoms with van der Waals surface area (Å²) in [6.45, 7) is 0. The molecule has 0 fully saturated rings. The molecule has 0 saturated carbocycles. The maximum atomic E-state index is 5.67. The van der Waals surface area contributed by atoms with Crippen LogP contribution in [-0.2, 0) is 4.84 Å². The van der Waals surface area contributed by atoms with E-state index in [1.807, 2.05) is 54.6 Å². The zero-order valence-corrected chi connectivity index (χ0v) is 9.91. The van der Waals surface area contributed by atoms with Crippen LogP contribution in [0.25, 0.3) is 0 Å². The van der Waals surface area contributed by atoms with Gasteiger partial charge in [0, 0.05) is 12.1 Å². The summed E-state index contributed by atoms with van der Waals surface area (Å²) in [4.78, 5) is 5.49. The van der Waals surface area contributed by atoms with Crippen LogP contribution >= 0.6 is 0 Å². The topological polar surface area (TPSA) is 47.6 Å². The first kappa shape index (κ1) is 10.8. The summed E-state index contributed by atoms with van der Waals surface area (Å²) in [6.07, 6.45) is 0.800. The van der Waals surface area contributed by atoms with Gasteiger partial charge in [0.2, 0.25) is 0 Å². The highest BCUT2D eigenvalue weighted by atomic mass is 16.6. The Labute approximate surface area is 106 Å². The molecule has 3 nitrogen and oxygen atoms in total. The van der Waals surface area contributed by atoms with E-state index in [4.69, 9.17) is 10.6 Å². The Morgan fingerprint density at radius 3 is 2.44 bits per heavy atom. The van der Waals surface area contributed by atoms with Crippen molar-refractivity contribution in [1.29, 1.82) is 0 Å². The third-order valence-corrected chi connectivity index (χ3v) is 3.08. The maximum Gasteiger partial charge on any atom is 0.158 e. The Kier molecular flexibility index (Phi) is 2.73. The van der Waals surface area contributed by atoms with Gasteiger partial charge in [-0.25, -0.2) is 0 Å². The molecule has 0 amide bonds. The molecule has 2 aromatic rings. The second-order valence-corrected chi connectivity index (χ2v) is 4.37. The van der Waals surface area contributed by atoms with Gasteiger partial charge in [0.1, 0.15) is 0 Å². The van der Waals surface area contributed by atoms with E-state index in [0.29, 0.717) is 0 Å². The van der Waals surface area contributed by atoms with E-state index >= 15 is 0 Å². The smallest absolute Gasteiger partial charge is 0.158 e. The zero-order valence-electron chi connectivity index (χ0n) is 9.91. The highest BCUT2D eigenvalue weighted by molar-refractivity contribution is 6.01. The van der Waals surface area contributed by atoms with Crippen molar-refractivity contribution in [3.05, 3.63) is 65.7 Å². The lowest BCUT2D eigenvalue weighted by atomic mass is 10.0. The average Bonchev–Trinajstić information content (AvgIpc) is 2.90. The van der Waals surface area contributed by atoms with Crippen LogP contribution in [0.5, 0.6) is 0 Å². The highest BCUT2D eigenvalue weighted by Gasteiger charge is 2.23. The predicted molar refractivity (Wildman–Crippen MR) is 72.3 cm³/mol. The van der Waals surface area contributed by atoms with Crippen LogP contribution in [0.3, 0.4) is 0 Å². The van der Waals surface area contributed by atoms with E-state index < -0.39 is 0 Å². The number of hydrogen-bond donors (Lipinski definition) is 1. The third-order valence-electron chi connectivity index (χ3n) is 3.08. The Bertz CT molecular complexity index is 561. The van der Waals surface area contributed by atoms with Crippen LogP contribution < -0.4 is 5.73 Å². The fraction of sp³-hybridized carbons (Fsp3) is 0.133. The van der Waals surface area contributed by atoms with Gasteiger partial charge in [-0.05, 0) is 23.3 Å². The maximum absolute atomic E-state index is 5.67. The number of nitrogen functional groups attached to an aromatic ring is 1. The van der Waals surface area contributed by atoms with Crippen molar-refractivity contribution in [3.63, 3.8) is 0 Å². The molecular formula is C15H14N2O. The lowest BCUT2D eigenvalue weighted by Crippen LogP contribution is -2.01. The average molecular weight is 238 g/mol. The predicted octanol–water partition coefficient (Wildman–Crippen LogP) is 3.13. The molecule has 90 valence electrons. The van der Waals surface area contributed by atoms with Crippen molar-refractivity contribution >= 4 is 11.4 Å². The number of anilines is 1. The number of hydrogen-bond acceptors (Lipinski definition) is 3. The van der Waals surface area contributed by atoms with Crippen molar-refractivity contribution in [2.75, 3.05) is 5.73 Å². The largest absolute Gasteiger partial charge is 0.399 e. The summed E-state index contributed by atoms with van der Waals surface area (Å²) in [5, 5.41) is 4.17. The van der Waals surface area contributed by atoms with E-state index in [-0.39, 0.29) is 6.10 Å². The Morgan fingerprint density at radius 1 is 1.00 bits per heavy atom. The van der Waals surface area contributed by atoms with Crippen LogP contribution in [0.4, 0.5) is 5.69 Å². The number of nitrogens with two attached hydrogens (primary N) is 1. The first-order valence-electron chi connectivity index (χ1n) is 5.96. The minimum Gasteiger partial charge on any atom is -0.399 e. The van der Waals surface area contributed by atoms with Gasteiger partial charge >= 0.3 is 0 Å². The molecule has 1 atom stereocenters. The van der Waals surface area contributed by atoms with Crippen molar-refractivity contribution in [3.8, 4) is 0 Å². The molecule has 0 aromatic heterocycles. The van der Waals surface area contributed by atoms with E-state index in [9.17, 15) is 0 Å². The first-order chi connectivity index (χ1) is 8.83. The van der Waals surface area contributed by atoms with Crippen molar-refractivity contribution in [1.82, 2.24) is 0 Å². The van der Waals surface area contributed by atoms with Crippen molar-refractivity contribution in [2.24, 2.45) is 5.16 Å². The first-order valence-corrected chi connectivity index (χ1v) is 5.96. The standard InChI is InChI=1S/C15H14N2O/c16-13-8-6-12(7-9-13)15-10-14(17-18-15)11-4-2-1-3-5-11/h1-9,15H,10,16H2. The molecule has 0 spiro atoms. The summed E-state index contributed by atoms with van der Waals surface area (Å²) < 4.78 is 0. The molecule has 1 aliphatic heterocycles. The Morgan fingerprint density at radius 2 is 1.72 bits per heavy atom. The van der Waals surface area contributed by atoms with E-state index in [0.717, 1.165) is 28.9 Å². The van der Waals surface area contributed by atoms with E-state index in [2.05, 4.69) is 5.16 Å². The van der Waals surface area contributed by atoms with E-state index in [1.165, 1.54) is 0 Å². The normalized spacial score (nSPS) is 18.2. The van der Waals surface area contributed by atoms with Crippen LogP contribution in [-0.4, -0.2) is 5.71 Å². The summed E-state index contributed by atoms with van der Waals surface area (Å²) in [5.41, 5.74) is 9.67. The second kappa shape index (κ2) is 4.53. The molecule has 3 rings (SSSR count). The van der Waals surface area contributed by atoms with Crippen LogP contribution in [0.15, 0.2) is 59.8 Å². The van der Waals surface area contributed by atoms with E-state index in [1.54, 1.807) is 0 Å². The van der Waals surface area contributed by atoms with Crippen molar-refractivity contribution in [2.45, 2.75) is 12.5 Å². The summed E-state index contributed by atoms with van der Waals surface area (Å²) in [6, 6.07) is 17.9. The molecular weight excluding hydrogens is 224 g/mol. The number of rotatable bonds is 2. The molecule has 1 heterocycles. The molecule has 0 radical (unpaired) electrons. The summed E-state index contributed by atoms with van der Waals surface area (Å²) >= 11 is 0. The molecule has 1 aliphatic rings. The Balaban J connectivity index is 1.76. The second-order valence-electron chi connectivity index (χ2n) is 4.37. The van der Waals surface area contributed by atoms with Gasteiger partial charge in [0.15, 0.2) is 6.10 Å². The molecule has 3 heteroatoms. The summed E-state index contributed by atoms with van der Waals surface area (Å²) in [7, 11) is 0. The lowest BCUT2D eigenvalue weighted by molar-refractivity contribution is 0.0857. The van der Waals surface area contributed by atoms with Gasteiger partial charge in [0.05, 0.1) is 5.71 Å². The van der Waals surface area contributed by atoms with Crippen LogP contribution in [0, 0.1) is 0 Å². The van der Waals surface area contributed by atoms with Crippen LogP contribution in [0.1, 0.15) is 23.7 Å². The van der Waals surface area contributed by atoms with Gasteiger partial charge < -0.3 is 10.6 Å². The zero-order chi connectivity index (χ0) is 12.4. The molecule has 2 aromatic carbocycles. The van der Waals surface area contributed by atoms with Crippen molar-refractivity contribution < 1.29 is 4.84 Å². The fourth-order valence-electron chi connectivity index (χ4n) is 2.07. The van der Waals surface area contributed by atoms with Gasteiger partial charge in [-0.2, -0.15) is 0 Å². The monoisotopic (exact) mass is 238 g/mol. The molecule has 18 heavy (non-hydrogen) atoms. The minimum absolute atomic E-state index is 0.000746. The molecule has 0 bridgehead atoms. The number of benzene rings is 2. The van der Waals surface area contributed by atoms with Crippen LogP contribution in [0.2, 0.25) is 0 Å².